The van der Waals surface area contributed by atoms with Crippen molar-refractivity contribution in [2.75, 3.05) is 30.2 Å². The summed E-state index contributed by atoms with van der Waals surface area (Å²) in [6.45, 7) is 5.37. The average Bonchev–Trinajstić information content (AvgIpc) is 2.83. The topological polar surface area (TPSA) is 86.8 Å². The molecule has 0 spiro atoms. The molecule has 0 aliphatic heterocycles. The minimum absolute atomic E-state index is 0.122. The SMILES string of the molecule is CCC(C(=O)NCC(C)C)N(CCc1ccccc1)C(=O)CN(c1cccc(C(F)(F)F)c1)S(C)(=O)=O. The molecule has 204 valence electrons. The number of halogens is 3. The zero-order chi connectivity index (χ0) is 27.8. The fraction of sp³-hybridized carbons (Fsp3) is 0.462. The van der Waals surface area contributed by atoms with Crippen molar-refractivity contribution >= 4 is 27.5 Å². The summed E-state index contributed by atoms with van der Waals surface area (Å²) in [5.41, 5.74) is -0.409. The Morgan fingerprint density at radius 1 is 1.03 bits per heavy atom. The van der Waals surface area contributed by atoms with Gasteiger partial charge in [0.15, 0.2) is 0 Å². The van der Waals surface area contributed by atoms with E-state index in [1.165, 1.54) is 11.0 Å². The lowest BCUT2D eigenvalue weighted by Crippen LogP contribution is -2.53. The van der Waals surface area contributed by atoms with Crippen LogP contribution in [0.1, 0.15) is 38.3 Å². The van der Waals surface area contributed by atoms with E-state index in [0.717, 1.165) is 24.0 Å². The van der Waals surface area contributed by atoms with Gasteiger partial charge in [-0.05, 0) is 42.5 Å². The van der Waals surface area contributed by atoms with E-state index in [1.807, 2.05) is 44.2 Å². The molecule has 1 N–H and O–H groups in total. The molecule has 0 fully saturated rings. The summed E-state index contributed by atoms with van der Waals surface area (Å²) in [6.07, 6.45) is -3.19. The molecule has 0 saturated heterocycles. The maximum Gasteiger partial charge on any atom is 0.416 e. The van der Waals surface area contributed by atoms with E-state index in [2.05, 4.69) is 5.32 Å². The highest BCUT2D eigenvalue weighted by molar-refractivity contribution is 7.92. The normalized spacial score (nSPS) is 12.8. The van der Waals surface area contributed by atoms with Crippen molar-refractivity contribution in [3.63, 3.8) is 0 Å². The van der Waals surface area contributed by atoms with E-state index in [-0.39, 0.29) is 30.5 Å². The Hall–Kier alpha value is -3.08. The molecule has 7 nitrogen and oxygen atoms in total. The van der Waals surface area contributed by atoms with Gasteiger partial charge in [-0.25, -0.2) is 8.42 Å². The molecule has 0 aliphatic rings. The summed E-state index contributed by atoms with van der Waals surface area (Å²) >= 11 is 0. The van der Waals surface area contributed by atoms with Gasteiger partial charge in [-0.3, -0.25) is 13.9 Å². The second-order valence-electron chi connectivity index (χ2n) is 9.20. The molecular formula is C26H34F3N3O4S. The van der Waals surface area contributed by atoms with Gasteiger partial charge in [0.05, 0.1) is 17.5 Å². The fourth-order valence-electron chi connectivity index (χ4n) is 3.77. The lowest BCUT2D eigenvalue weighted by Gasteiger charge is -2.33. The van der Waals surface area contributed by atoms with E-state index < -0.39 is 40.3 Å². The zero-order valence-corrected chi connectivity index (χ0v) is 22.3. The van der Waals surface area contributed by atoms with E-state index in [9.17, 15) is 31.2 Å². The third-order valence-electron chi connectivity index (χ3n) is 5.70. The molecule has 0 saturated carbocycles. The van der Waals surface area contributed by atoms with E-state index >= 15 is 0 Å². The molecule has 0 heterocycles. The highest BCUT2D eigenvalue weighted by Crippen LogP contribution is 2.32. The number of nitrogens with one attached hydrogen (secondary N) is 1. The van der Waals surface area contributed by atoms with Crippen LogP contribution in [-0.4, -0.2) is 57.1 Å². The number of anilines is 1. The number of rotatable bonds is 12. The van der Waals surface area contributed by atoms with Crippen molar-refractivity contribution in [3.8, 4) is 0 Å². The monoisotopic (exact) mass is 541 g/mol. The van der Waals surface area contributed by atoms with Crippen LogP contribution in [0.4, 0.5) is 18.9 Å². The standard InChI is InChI=1S/C26H34F3N3O4S/c1-5-23(25(34)30-17-19(2)3)31(15-14-20-10-7-6-8-11-20)24(33)18-32(37(4,35)36)22-13-9-12-21(16-22)26(27,28)29/h6-13,16,19,23H,5,14-15,17-18H2,1-4H3,(H,30,34). The number of hydrogen-bond donors (Lipinski definition) is 1. The Kier molecular flexibility index (Phi) is 10.5. The Morgan fingerprint density at radius 2 is 1.68 bits per heavy atom. The van der Waals surface area contributed by atoms with Gasteiger partial charge >= 0.3 is 6.18 Å². The van der Waals surface area contributed by atoms with Crippen LogP contribution in [0.3, 0.4) is 0 Å². The molecule has 2 aromatic rings. The number of benzene rings is 2. The number of amides is 2. The Balaban J connectivity index is 2.40. The number of nitrogens with zero attached hydrogens (tertiary/aromatic N) is 2. The highest BCUT2D eigenvalue weighted by atomic mass is 32.2. The molecule has 0 aromatic heterocycles. The molecule has 0 radical (unpaired) electrons. The molecule has 2 aromatic carbocycles. The molecule has 0 aliphatic carbocycles. The molecule has 1 unspecified atom stereocenters. The molecule has 0 bridgehead atoms. The first-order valence-electron chi connectivity index (χ1n) is 12.0. The van der Waals surface area contributed by atoms with Crippen LogP contribution < -0.4 is 9.62 Å². The van der Waals surface area contributed by atoms with Crippen molar-refractivity contribution in [2.24, 2.45) is 5.92 Å². The minimum atomic E-state index is -4.69. The third-order valence-corrected chi connectivity index (χ3v) is 6.84. The first kappa shape index (κ1) is 30.1. The molecular weight excluding hydrogens is 507 g/mol. The first-order valence-corrected chi connectivity index (χ1v) is 13.8. The molecule has 1 atom stereocenters. The number of alkyl halides is 3. The van der Waals surface area contributed by atoms with Crippen LogP contribution in [0.25, 0.3) is 0 Å². The van der Waals surface area contributed by atoms with Gasteiger partial charge in [0.25, 0.3) is 0 Å². The van der Waals surface area contributed by atoms with Gasteiger partial charge in [-0.2, -0.15) is 13.2 Å². The summed E-state index contributed by atoms with van der Waals surface area (Å²) < 4.78 is 65.6. The van der Waals surface area contributed by atoms with Gasteiger partial charge in [-0.15, -0.1) is 0 Å². The second-order valence-corrected chi connectivity index (χ2v) is 11.1. The molecule has 37 heavy (non-hydrogen) atoms. The predicted octanol–water partition coefficient (Wildman–Crippen LogP) is 4.09. The predicted molar refractivity (Wildman–Crippen MR) is 137 cm³/mol. The smallest absolute Gasteiger partial charge is 0.354 e. The van der Waals surface area contributed by atoms with Gasteiger partial charge in [0.1, 0.15) is 12.6 Å². The van der Waals surface area contributed by atoms with Gasteiger partial charge in [0.2, 0.25) is 21.8 Å². The highest BCUT2D eigenvalue weighted by Gasteiger charge is 2.34. The lowest BCUT2D eigenvalue weighted by molar-refractivity contribution is -0.139. The first-order chi connectivity index (χ1) is 17.2. The van der Waals surface area contributed by atoms with Crippen molar-refractivity contribution in [1.82, 2.24) is 10.2 Å². The number of sulfonamides is 1. The summed E-state index contributed by atoms with van der Waals surface area (Å²) in [5.74, 6) is -0.885. The third kappa shape index (κ3) is 9.07. The van der Waals surface area contributed by atoms with Crippen molar-refractivity contribution in [1.29, 1.82) is 0 Å². The Labute approximate surface area is 216 Å². The zero-order valence-electron chi connectivity index (χ0n) is 21.5. The number of carbonyl (C=O) groups is 2. The van der Waals surface area contributed by atoms with Gasteiger partial charge < -0.3 is 10.2 Å². The Morgan fingerprint density at radius 3 is 2.22 bits per heavy atom. The van der Waals surface area contributed by atoms with Crippen molar-refractivity contribution in [2.45, 2.75) is 45.8 Å². The largest absolute Gasteiger partial charge is 0.416 e. The van der Waals surface area contributed by atoms with E-state index in [1.54, 1.807) is 6.92 Å². The Bertz CT molecular complexity index is 1160. The quantitative estimate of drug-likeness (QED) is 0.439. The maximum absolute atomic E-state index is 13.5. The summed E-state index contributed by atoms with van der Waals surface area (Å²) in [5, 5.41) is 2.82. The van der Waals surface area contributed by atoms with Crippen LogP contribution >= 0.6 is 0 Å². The van der Waals surface area contributed by atoms with Crippen molar-refractivity contribution in [3.05, 3.63) is 65.7 Å². The number of carbonyl (C=O) groups excluding carboxylic acids is 2. The van der Waals surface area contributed by atoms with Crippen LogP contribution in [0.2, 0.25) is 0 Å². The van der Waals surface area contributed by atoms with Gasteiger partial charge in [0, 0.05) is 13.1 Å². The molecule has 11 heteroatoms. The van der Waals surface area contributed by atoms with Crippen LogP contribution in [0.15, 0.2) is 54.6 Å². The minimum Gasteiger partial charge on any atom is -0.354 e. The van der Waals surface area contributed by atoms with Crippen LogP contribution in [0, 0.1) is 5.92 Å². The van der Waals surface area contributed by atoms with E-state index in [0.29, 0.717) is 23.3 Å². The second kappa shape index (κ2) is 12.9. The summed E-state index contributed by atoms with van der Waals surface area (Å²) in [6, 6.07) is 12.2. The summed E-state index contributed by atoms with van der Waals surface area (Å²) in [7, 11) is -4.13. The van der Waals surface area contributed by atoms with Crippen molar-refractivity contribution < 1.29 is 31.2 Å². The maximum atomic E-state index is 13.5. The fourth-order valence-corrected chi connectivity index (χ4v) is 4.61. The van der Waals surface area contributed by atoms with Crippen LogP contribution in [0.5, 0.6) is 0 Å². The van der Waals surface area contributed by atoms with Crippen LogP contribution in [-0.2, 0) is 32.2 Å². The number of hydrogen-bond acceptors (Lipinski definition) is 4. The summed E-state index contributed by atoms with van der Waals surface area (Å²) in [4.78, 5) is 27.8. The van der Waals surface area contributed by atoms with E-state index in [4.69, 9.17) is 0 Å². The van der Waals surface area contributed by atoms with Gasteiger partial charge in [-0.1, -0.05) is 57.2 Å². The average molecular weight is 542 g/mol. The molecule has 2 rings (SSSR count). The molecule has 2 amide bonds. The lowest BCUT2D eigenvalue weighted by atomic mass is 10.1.